The molecule has 0 bridgehead atoms. The van der Waals surface area contributed by atoms with E-state index in [0.717, 1.165) is 4.90 Å². The molecule has 11 unspecified atom stereocenters. The van der Waals surface area contributed by atoms with E-state index in [2.05, 4.69) is 26.6 Å². The summed E-state index contributed by atoms with van der Waals surface area (Å²) in [7, 11) is 3.03. The molecule has 2 heterocycles. The van der Waals surface area contributed by atoms with Crippen molar-refractivity contribution < 1.29 is 77.2 Å². The fraction of sp³-hybridized carbons (Fsp3) is 0.826. The van der Waals surface area contributed by atoms with Crippen molar-refractivity contribution in [2.24, 2.45) is 10.9 Å². The van der Waals surface area contributed by atoms with Gasteiger partial charge < -0.3 is 74.1 Å². The number of hydrogen-bond donors (Lipinski definition) is 8. The van der Waals surface area contributed by atoms with Gasteiger partial charge >= 0.3 is 30.5 Å². The van der Waals surface area contributed by atoms with Crippen LogP contribution >= 0.6 is 0 Å². The van der Waals surface area contributed by atoms with Gasteiger partial charge in [-0.25, -0.2) is 29.0 Å². The van der Waals surface area contributed by atoms with Crippen molar-refractivity contribution >= 4 is 36.4 Å². The van der Waals surface area contributed by atoms with E-state index in [4.69, 9.17) is 42.9 Å². The molecular formula is C46H81N7O16. The summed E-state index contributed by atoms with van der Waals surface area (Å²) in [6, 6.07) is -4.80. The van der Waals surface area contributed by atoms with E-state index >= 15 is 0 Å². The van der Waals surface area contributed by atoms with Gasteiger partial charge in [0.15, 0.2) is 6.29 Å². The monoisotopic (exact) mass is 988 g/mol. The quantitative estimate of drug-likeness (QED) is 0.0923. The lowest BCUT2D eigenvalue weighted by atomic mass is 9.72. The maximum Gasteiger partial charge on any atom is 0.414 e. The summed E-state index contributed by atoms with van der Waals surface area (Å²) in [5.41, 5.74) is -6.63. The first-order valence-electron chi connectivity index (χ1n) is 23.2. The number of nitrogens with zero attached hydrogens (tertiary/aromatic N) is 2. The number of aliphatic imine (C=N–C) groups is 1. The van der Waals surface area contributed by atoms with Crippen LogP contribution in [0.5, 0.6) is 0 Å². The van der Waals surface area contributed by atoms with E-state index in [0.29, 0.717) is 5.76 Å². The molecule has 11 atom stereocenters. The Labute approximate surface area is 406 Å². The molecule has 1 aliphatic carbocycles. The molecule has 23 heteroatoms. The minimum Gasteiger partial charge on any atom is -0.491 e. The molecule has 2 aliphatic heterocycles. The number of carbonyl (C=O) groups is 5. The van der Waals surface area contributed by atoms with Gasteiger partial charge in [-0.05, 0) is 137 Å². The van der Waals surface area contributed by atoms with Crippen molar-refractivity contribution in [3.05, 3.63) is 11.8 Å². The number of amides is 5. The molecule has 2 fully saturated rings. The molecule has 5 amide bonds. The lowest BCUT2D eigenvalue weighted by molar-refractivity contribution is -0.305. The predicted molar refractivity (Wildman–Crippen MR) is 251 cm³/mol. The third-order valence-electron chi connectivity index (χ3n) is 10.2. The van der Waals surface area contributed by atoms with Crippen LogP contribution in [-0.4, -0.2) is 172 Å². The molecule has 396 valence electrons. The SMILES string of the molecule is CNCC1=CCC(N=C(NC(=O)OC(C)(C)C)NC(=O)OC(C)(C)C)C(C2C(NC(=O)OC(C)(C)C)CC(NC(=O)OC(C)(C)C)C(OC3OCC(C)(O)C(N(C)C(=O)OC(C)(C)C)C3O)C2O)O1. The van der Waals surface area contributed by atoms with Crippen molar-refractivity contribution in [3.8, 4) is 0 Å². The van der Waals surface area contributed by atoms with Crippen LogP contribution in [-0.2, 0) is 37.9 Å². The number of carbonyl (C=O) groups excluding carboxylic acids is 5. The van der Waals surface area contributed by atoms with Crippen LogP contribution in [0.15, 0.2) is 16.8 Å². The first kappa shape index (κ1) is 58.6. The van der Waals surface area contributed by atoms with Crippen molar-refractivity contribution in [1.82, 2.24) is 31.5 Å². The van der Waals surface area contributed by atoms with E-state index in [9.17, 15) is 39.3 Å². The summed E-state index contributed by atoms with van der Waals surface area (Å²) >= 11 is 0. The van der Waals surface area contributed by atoms with Gasteiger partial charge in [0, 0.05) is 19.0 Å². The Morgan fingerprint density at radius 3 is 1.67 bits per heavy atom. The standard InChI is InChI=1S/C46H81N7O16/c1-41(2,3)65-36(56)49-26-21-27(50-37(57)66-42(4,5)6)32(64-34-30(55)33(46(16,61)23-62-34)53(18)40(60)69-45(13,14)15)29(54)28(26)31-25(20-19-24(63-31)22-47-17)48-35(51-38(58)67-43(7,8)9)52-39(59)68-44(10,11)12/h19,25-34,47,54-55,61H,20-23H2,1-18H3,(H,49,56)(H,50,57)(H2,48,51,52,58,59). The van der Waals surface area contributed by atoms with E-state index in [-0.39, 0.29) is 19.4 Å². The van der Waals surface area contributed by atoms with E-state index in [1.165, 1.54) is 14.0 Å². The Hall–Kier alpha value is -4.68. The van der Waals surface area contributed by atoms with Gasteiger partial charge in [-0.1, -0.05) is 0 Å². The summed E-state index contributed by atoms with van der Waals surface area (Å²) in [6.45, 7) is 25.9. The van der Waals surface area contributed by atoms with Crippen molar-refractivity contribution in [3.63, 3.8) is 0 Å². The number of rotatable bonds is 9. The third kappa shape index (κ3) is 18.9. The molecule has 1 saturated carbocycles. The van der Waals surface area contributed by atoms with Crippen LogP contribution in [0.25, 0.3) is 0 Å². The average molecular weight is 988 g/mol. The maximum absolute atomic E-state index is 13.7. The van der Waals surface area contributed by atoms with Gasteiger partial charge in [0.05, 0.1) is 37.4 Å². The molecule has 1 saturated heterocycles. The second-order valence-corrected chi connectivity index (χ2v) is 22.8. The number of ether oxygens (including phenoxy) is 8. The van der Waals surface area contributed by atoms with Crippen LogP contribution < -0.4 is 26.6 Å². The van der Waals surface area contributed by atoms with Crippen LogP contribution in [0, 0.1) is 5.92 Å². The number of likely N-dealkylation sites (N-methyl/N-ethyl adjacent to an activating group) is 2. The number of hydrogen-bond acceptors (Lipinski definition) is 18. The zero-order chi connectivity index (χ0) is 52.8. The highest BCUT2D eigenvalue weighted by Gasteiger charge is 2.56. The molecule has 0 aromatic heterocycles. The fourth-order valence-electron chi connectivity index (χ4n) is 7.89. The highest BCUT2D eigenvalue weighted by atomic mass is 16.7. The molecule has 0 aromatic carbocycles. The van der Waals surface area contributed by atoms with Gasteiger partial charge in [-0.3, -0.25) is 10.6 Å². The van der Waals surface area contributed by atoms with Crippen LogP contribution in [0.3, 0.4) is 0 Å². The number of aliphatic hydroxyl groups is 3. The Bertz CT molecular complexity index is 1830. The molecule has 23 nitrogen and oxygen atoms in total. The van der Waals surface area contributed by atoms with Crippen LogP contribution in [0.1, 0.15) is 124 Å². The second-order valence-electron chi connectivity index (χ2n) is 22.8. The zero-order valence-electron chi connectivity index (χ0n) is 43.7. The topological polar surface area (TPSA) is 296 Å². The first-order valence-corrected chi connectivity index (χ1v) is 23.2. The van der Waals surface area contributed by atoms with Gasteiger partial charge in [0.1, 0.15) is 57.7 Å². The Balaban J connectivity index is 2.28. The first-order chi connectivity index (χ1) is 31.3. The summed E-state index contributed by atoms with van der Waals surface area (Å²) in [4.78, 5) is 72.9. The van der Waals surface area contributed by atoms with Crippen LogP contribution in [0.2, 0.25) is 0 Å². The van der Waals surface area contributed by atoms with Crippen molar-refractivity contribution in [2.75, 3.05) is 27.2 Å². The minimum absolute atomic E-state index is 0.0862. The minimum atomic E-state index is -1.84. The molecule has 3 aliphatic rings. The number of aliphatic hydroxyl groups excluding tert-OH is 2. The highest BCUT2D eigenvalue weighted by Crippen LogP contribution is 2.39. The molecule has 0 aromatic rings. The molecule has 0 spiro atoms. The number of alkyl carbamates (subject to hydrolysis) is 4. The van der Waals surface area contributed by atoms with E-state index in [1.807, 2.05) is 0 Å². The summed E-state index contributed by atoms with van der Waals surface area (Å²) in [5.74, 6) is -1.23. The highest BCUT2D eigenvalue weighted by molar-refractivity contribution is 6.01. The van der Waals surface area contributed by atoms with Gasteiger partial charge in [0.2, 0.25) is 5.96 Å². The predicted octanol–water partition coefficient (Wildman–Crippen LogP) is 3.91. The Morgan fingerprint density at radius 2 is 1.20 bits per heavy atom. The lowest BCUT2D eigenvalue weighted by Crippen LogP contribution is -2.70. The molecule has 8 N–H and O–H groups in total. The molecular weight excluding hydrogens is 907 g/mol. The molecule has 69 heavy (non-hydrogen) atoms. The second kappa shape index (κ2) is 22.6. The largest absolute Gasteiger partial charge is 0.491 e. The van der Waals surface area contributed by atoms with E-state index < -0.39 is 137 Å². The zero-order valence-corrected chi connectivity index (χ0v) is 43.7. The average Bonchev–Trinajstić information content (AvgIpc) is 3.10. The molecule has 0 radical (unpaired) electrons. The van der Waals surface area contributed by atoms with Gasteiger partial charge in [0.25, 0.3) is 0 Å². The smallest absolute Gasteiger partial charge is 0.414 e. The normalized spacial score (nSPS) is 28.9. The van der Waals surface area contributed by atoms with Crippen molar-refractivity contribution in [2.45, 2.75) is 212 Å². The van der Waals surface area contributed by atoms with Crippen LogP contribution in [0.4, 0.5) is 24.0 Å². The fourth-order valence-corrected chi connectivity index (χ4v) is 7.89. The Kier molecular flexibility index (Phi) is 19.2. The third-order valence-corrected chi connectivity index (χ3v) is 10.2. The maximum atomic E-state index is 13.7. The Morgan fingerprint density at radius 1 is 0.739 bits per heavy atom. The van der Waals surface area contributed by atoms with Gasteiger partial charge in [-0.2, -0.15) is 0 Å². The molecule has 3 rings (SSSR count). The number of nitrogens with one attached hydrogen (secondary N) is 5. The van der Waals surface area contributed by atoms with E-state index in [1.54, 1.807) is 117 Å². The van der Waals surface area contributed by atoms with Crippen molar-refractivity contribution in [1.29, 1.82) is 0 Å². The number of guanidine groups is 1. The summed E-state index contributed by atoms with van der Waals surface area (Å²) < 4.78 is 46.8. The van der Waals surface area contributed by atoms with Gasteiger partial charge in [-0.15, -0.1) is 0 Å². The lowest BCUT2D eigenvalue weighted by Gasteiger charge is -2.51. The summed E-state index contributed by atoms with van der Waals surface area (Å²) in [5, 5.41) is 50.0. The summed E-state index contributed by atoms with van der Waals surface area (Å²) in [6.07, 6.45) is -11.0.